The molecule has 0 aliphatic rings. The van der Waals surface area contributed by atoms with Crippen LogP contribution in [0, 0.1) is 6.92 Å². The summed E-state index contributed by atoms with van der Waals surface area (Å²) in [5.74, 6) is -0.670. The van der Waals surface area contributed by atoms with E-state index in [1.165, 1.54) is 30.3 Å². The van der Waals surface area contributed by atoms with E-state index in [0.29, 0.717) is 0 Å². The highest BCUT2D eigenvalue weighted by Gasteiger charge is 2.17. The lowest BCUT2D eigenvalue weighted by molar-refractivity contribution is 0.100. The molecule has 5 nitrogen and oxygen atoms in total. The second kappa shape index (κ2) is 6.28. The van der Waals surface area contributed by atoms with E-state index < -0.39 is 15.9 Å². The number of anilines is 1. The third-order valence-electron chi connectivity index (χ3n) is 2.93. The van der Waals surface area contributed by atoms with Gasteiger partial charge in [0.2, 0.25) is 5.91 Å². The van der Waals surface area contributed by atoms with Crippen molar-refractivity contribution in [2.45, 2.75) is 11.8 Å². The van der Waals surface area contributed by atoms with Gasteiger partial charge in [-0.05, 0) is 48.9 Å². The molecular formula is C14H12BrClN2O3S. The van der Waals surface area contributed by atoms with E-state index in [1.807, 2.05) is 0 Å². The fourth-order valence-corrected chi connectivity index (χ4v) is 3.37. The molecule has 0 aromatic heterocycles. The molecule has 0 radical (unpaired) electrons. The summed E-state index contributed by atoms with van der Waals surface area (Å²) >= 11 is 9.28. The van der Waals surface area contributed by atoms with Crippen molar-refractivity contribution < 1.29 is 13.2 Å². The van der Waals surface area contributed by atoms with Gasteiger partial charge in [-0.15, -0.1) is 0 Å². The van der Waals surface area contributed by atoms with Gasteiger partial charge in [0.25, 0.3) is 10.0 Å². The Labute approximate surface area is 141 Å². The largest absolute Gasteiger partial charge is 0.366 e. The molecular weight excluding hydrogens is 392 g/mol. The number of primary amides is 1. The minimum atomic E-state index is -3.82. The number of amides is 1. The average Bonchev–Trinajstić information content (AvgIpc) is 2.43. The highest BCUT2D eigenvalue weighted by atomic mass is 79.9. The van der Waals surface area contributed by atoms with Crippen LogP contribution in [0.5, 0.6) is 0 Å². The van der Waals surface area contributed by atoms with Crippen molar-refractivity contribution in [2.75, 3.05) is 4.72 Å². The number of halogens is 2. The Bertz CT molecular complexity index is 853. The summed E-state index contributed by atoms with van der Waals surface area (Å²) in [6.07, 6.45) is 0. The van der Waals surface area contributed by atoms with Gasteiger partial charge in [-0.2, -0.15) is 0 Å². The highest BCUT2D eigenvalue weighted by molar-refractivity contribution is 9.10. The van der Waals surface area contributed by atoms with Gasteiger partial charge in [-0.3, -0.25) is 9.52 Å². The van der Waals surface area contributed by atoms with E-state index in [2.05, 4.69) is 20.7 Å². The van der Waals surface area contributed by atoms with Gasteiger partial charge in [0.1, 0.15) is 0 Å². The van der Waals surface area contributed by atoms with E-state index in [0.717, 1.165) is 10.0 Å². The molecule has 1 amide bonds. The maximum Gasteiger partial charge on any atom is 0.261 e. The van der Waals surface area contributed by atoms with Crippen molar-refractivity contribution in [3.63, 3.8) is 0 Å². The van der Waals surface area contributed by atoms with Crippen molar-refractivity contribution in [3.8, 4) is 0 Å². The quantitative estimate of drug-likeness (QED) is 0.820. The first-order valence-electron chi connectivity index (χ1n) is 6.09. The summed E-state index contributed by atoms with van der Waals surface area (Å²) in [6, 6.07) is 8.77. The first-order valence-corrected chi connectivity index (χ1v) is 8.74. The monoisotopic (exact) mass is 402 g/mol. The van der Waals surface area contributed by atoms with Crippen LogP contribution < -0.4 is 10.5 Å². The normalized spacial score (nSPS) is 11.2. The molecule has 0 aliphatic carbocycles. The van der Waals surface area contributed by atoms with Gasteiger partial charge in [0.15, 0.2) is 0 Å². The smallest absolute Gasteiger partial charge is 0.261 e. The number of carbonyl (C=O) groups is 1. The molecule has 0 bridgehead atoms. The fraction of sp³-hybridized carbons (Fsp3) is 0.0714. The average molecular weight is 404 g/mol. The van der Waals surface area contributed by atoms with Crippen molar-refractivity contribution in [1.29, 1.82) is 0 Å². The Morgan fingerprint density at radius 3 is 2.50 bits per heavy atom. The molecule has 8 heteroatoms. The van der Waals surface area contributed by atoms with Crippen LogP contribution in [-0.2, 0) is 10.0 Å². The number of carbonyl (C=O) groups excluding carboxylic acids is 1. The zero-order valence-corrected chi connectivity index (χ0v) is 14.6. The lowest BCUT2D eigenvalue weighted by atomic mass is 10.2. The van der Waals surface area contributed by atoms with Crippen LogP contribution in [0.15, 0.2) is 45.8 Å². The van der Waals surface area contributed by atoms with E-state index in [4.69, 9.17) is 17.3 Å². The van der Waals surface area contributed by atoms with Crippen molar-refractivity contribution in [3.05, 3.63) is 57.0 Å². The van der Waals surface area contributed by atoms with Crippen LogP contribution in [0.4, 0.5) is 5.69 Å². The molecule has 0 unspecified atom stereocenters. The first kappa shape index (κ1) is 16.8. The fourth-order valence-electron chi connectivity index (χ4n) is 1.74. The van der Waals surface area contributed by atoms with Crippen LogP contribution in [-0.4, -0.2) is 14.3 Å². The zero-order valence-electron chi connectivity index (χ0n) is 11.4. The topological polar surface area (TPSA) is 89.3 Å². The van der Waals surface area contributed by atoms with Gasteiger partial charge in [-0.25, -0.2) is 8.42 Å². The number of rotatable bonds is 4. The number of sulfonamides is 1. The number of hydrogen-bond donors (Lipinski definition) is 2. The van der Waals surface area contributed by atoms with Gasteiger partial charge >= 0.3 is 0 Å². The van der Waals surface area contributed by atoms with Crippen molar-refractivity contribution in [2.24, 2.45) is 5.73 Å². The molecule has 2 aromatic rings. The molecule has 2 rings (SSSR count). The van der Waals surface area contributed by atoms with Crippen LogP contribution in [0.2, 0.25) is 5.02 Å². The molecule has 116 valence electrons. The Hall–Kier alpha value is -1.57. The number of aryl methyl sites for hydroxylation is 1. The van der Waals surface area contributed by atoms with Crippen molar-refractivity contribution >= 4 is 49.1 Å². The molecule has 22 heavy (non-hydrogen) atoms. The standard InChI is InChI=1S/C14H12BrClN2O3S/c1-8-6-10(3-4-11(8)15)22(20,21)18-13-7-9(14(17)19)2-5-12(13)16/h2-7,18H,1H3,(H2,17,19). The summed E-state index contributed by atoms with van der Waals surface area (Å²) in [6.45, 7) is 1.78. The molecule has 0 heterocycles. The van der Waals surface area contributed by atoms with Crippen LogP contribution in [0.25, 0.3) is 0 Å². The minimum absolute atomic E-state index is 0.0914. The highest BCUT2D eigenvalue weighted by Crippen LogP contribution is 2.27. The van der Waals surface area contributed by atoms with Crippen LogP contribution in [0.3, 0.4) is 0 Å². The van der Waals surface area contributed by atoms with Crippen molar-refractivity contribution in [1.82, 2.24) is 0 Å². The zero-order chi connectivity index (χ0) is 16.5. The molecule has 0 spiro atoms. The molecule has 0 atom stereocenters. The predicted octanol–water partition coefficient (Wildman–Crippen LogP) is 3.31. The van der Waals surface area contributed by atoms with Gasteiger partial charge in [0.05, 0.1) is 15.6 Å². The van der Waals surface area contributed by atoms with E-state index in [9.17, 15) is 13.2 Å². The van der Waals surface area contributed by atoms with E-state index in [1.54, 1.807) is 13.0 Å². The number of nitrogens with one attached hydrogen (secondary N) is 1. The third-order valence-corrected chi connectivity index (χ3v) is 5.52. The Morgan fingerprint density at radius 2 is 1.91 bits per heavy atom. The van der Waals surface area contributed by atoms with Crippen LogP contribution >= 0.6 is 27.5 Å². The molecule has 3 N–H and O–H groups in total. The first-order chi connectivity index (χ1) is 10.2. The summed E-state index contributed by atoms with van der Waals surface area (Å²) < 4.78 is 28.0. The number of benzene rings is 2. The summed E-state index contributed by atoms with van der Waals surface area (Å²) in [4.78, 5) is 11.3. The second-order valence-electron chi connectivity index (χ2n) is 4.58. The second-order valence-corrected chi connectivity index (χ2v) is 7.52. The summed E-state index contributed by atoms with van der Waals surface area (Å²) in [5.41, 5.74) is 6.21. The molecule has 0 aliphatic heterocycles. The Kier molecular flexibility index (Phi) is 4.79. The maximum absolute atomic E-state index is 12.4. The number of nitrogens with two attached hydrogens (primary N) is 1. The van der Waals surface area contributed by atoms with Crippen LogP contribution in [0.1, 0.15) is 15.9 Å². The summed E-state index contributed by atoms with van der Waals surface area (Å²) in [5, 5.41) is 0.169. The lowest BCUT2D eigenvalue weighted by Crippen LogP contribution is -2.15. The molecule has 2 aromatic carbocycles. The third kappa shape index (κ3) is 3.60. The SMILES string of the molecule is Cc1cc(S(=O)(=O)Nc2cc(C(N)=O)ccc2Cl)ccc1Br. The number of hydrogen-bond acceptors (Lipinski definition) is 3. The van der Waals surface area contributed by atoms with Gasteiger partial charge in [-0.1, -0.05) is 27.5 Å². The molecule has 0 saturated heterocycles. The Balaban J connectivity index is 2.42. The molecule has 0 fully saturated rings. The minimum Gasteiger partial charge on any atom is -0.366 e. The van der Waals surface area contributed by atoms with E-state index >= 15 is 0 Å². The van der Waals surface area contributed by atoms with Gasteiger partial charge < -0.3 is 5.73 Å². The maximum atomic E-state index is 12.4. The Morgan fingerprint density at radius 1 is 1.23 bits per heavy atom. The summed E-state index contributed by atoms with van der Waals surface area (Å²) in [7, 11) is -3.82. The van der Waals surface area contributed by atoms with Gasteiger partial charge in [0, 0.05) is 10.0 Å². The predicted molar refractivity (Wildman–Crippen MR) is 89.7 cm³/mol. The van der Waals surface area contributed by atoms with E-state index in [-0.39, 0.29) is 21.2 Å². The lowest BCUT2D eigenvalue weighted by Gasteiger charge is -2.11. The molecule has 0 saturated carbocycles.